The topological polar surface area (TPSA) is 49.6 Å². The van der Waals surface area contributed by atoms with E-state index in [9.17, 15) is 0 Å². The van der Waals surface area contributed by atoms with Gasteiger partial charge in [-0.05, 0) is 6.42 Å². The van der Waals surface area contributed by atoms with Gasteiger partial charge in [0.25, 0.3) is 0 Å². The number of rotatable bonds is 2. The Kier molecular flexibility index (Phi) is 3.01. The number of hydrogen-bond acceptors (Lipinski definition) is 3. The van der Waals surface area contributed by atoms with E-state index in [1.165, 1.54) is 6.33 Å². The monoisotopic (exact) mass is 181 g/mol. The van der Waals surface area contributed by atoms with E-state index in [1.807, 2.05) is 13.0 Å². The SMILES string of the molecule is CCc1ncnc(Cl)c1CC#N. The van der Waals surface area contributed by atoms with Crippen LogP contribution in [0.2, 0.25) is 5.15 Å². The first-order chi connectivity index (χ1) is 5.79. The minimum atomic E-state index is 0.281. The van der Waals surface area contributed by atoms with E-state index in [-0.39, 0.29) is 6.42 Å². The van der Waals surface area contributed by atoms with Crippen molar-refractivity contribution in [3.63, 3.8) is 0 Å². The summed E-state index contributed by atoms with van der Waals surface area (Å²) >= 11 is 5.78. The van der Waals surface area contributed by atoms with Gasteiger partial charge in [0.2, 0.25) is 0 Å². The number of aromatic nitrogens is 2. The minimum absolute atomic E-state index is 0.281. The Balaban J connectivity index is 3.12. The summed E-state index contributed by atoms with van der Waals surface area (Å²) in [7, 11) is 0. The summed E-state index contributed by atoms with van der Waals surface area (Å²) in [4.78, 5) is 7.84. The van der Waals surface area contributed by atoms with E-state index in [1.54, 1.807) is 0 Å². The molecule has 12 heavy (non-hydrogen) atoms. The lowest BCUT2D eigenvalue weighted by Crippen LogP contribution is -1.98. The van der Waals surface area contributed by atoms with Crippen LogP contribution in [0.25, 0.3) is 0 Å². The molecule has 0 bridgehead atoms. The molecule has 3 nitrogen and oxygen atoms in total. The number of aryl methyl sites for hydroxylation is 1. The van der Waals surface area contributed by atoms with E-state index < -0.39 is 0 Å². The van der Waals surface area contributed by atoms with Gasteiger partial charge in [0.05, 0.1) is 12.5 Å². The molecule has 0 amide bonds. The Bertz CT molecular complexity index is 317. The van der Waals surface area contributed by atoms with Crippen molar-refractivity contribution >= 4 is 11.6 Å². The second kappa shape index (κ2) is 4.03. The van der Waals surface area contributed by atoms with Gasteiger partial charge < -0.3 is 0 Å². The molecule has 0 N–H and O–H groups in total. The van der Waals surface area contributed by atoms with Crippen molar-refractivity contribution in [3.05, 3.63) is 22.7 Å². The van der Waals surface area contributed by atoms with E-state index in [0.29, 0.717) is 5.15 Å². The van der Waals surface area contributed by atoms with Crippen LogP contribution in [0.3, 0.4) is 0 Å². The summed E-state index contributed by atoms with van der Waals surface area (Å²) in [5.41, 5.74) is 1.61. The molecule has 0 fully saturated rings. The highest BCUT2D eigenvalue weighted by Gasteiger charge is 2.06. The van der Waals surface area contributed by atoms with Crippen LogP contribution >= 0.6 is 11.6 Å². The van der Waals surface area contributed by atoms with E-state index in [2.05, 4.69) is 9.97 Å². The van der Waals surface area contributed by atoms with Gasteiger partial charge in [-0.15, -0.1) is 0 Å². The molecular weight excluding hydrogens is 174 g/mol. The zero-order chi connectivity index (χ0) is 8.97. The highest BCUT2D eigenvalue weighted by Crippen LogP contribution is 2.15. The highest BCUT2D eigenvalue weighted by molar-refractivity contribution is 6.30. The van der Waals surface area contributed by atoms with Crippen LogP contribution in [0.5, 0.6) is 0 Å². The highest BCUT2D eigenvalue weighted by atomic mass is 35.5. The largest absolute Gasteiger partial charge is 0.241 e. The number of halogens is 1. The molecule has 1 aromatic rings. The third kappa shape index (κ3) is 1.72. The van der Waals surface area contributed by atoms with Crippen molar-refractivity contribution < 1.29 is 0 Å². The summed E-state index contributed by atoms with van der Waals surface area (Å²) in [5, 5.41) is 8.89. The lowest BCUT2D eigenvalue weighted by molar-refractivity contribution is 0.952. The smallest absolute Gasteiger partial charge is 0.136 e. The number of nitrogens with zero attached hydrogens (tertiary/aromatic N) is 3. The second-order valence-electron chi connectivity index (χ2n) is 2.28. The second-order valence-corrected chi connectivity index (χ2v) is 2.64. The molecule has 0 saturated carbocycles. The van der Waals surface area contributed by atoms with Crippen LogP contribution in [0, 0.1) is 11.3 Å². The minimum Gasteiger partial charge on any atom is -0.241 e. The first kappa shape index (κ1) is 8.95. The van der Waals surface area contributed by atoms with Crippen molar-refractivity contribution in [2.45, 2.75) is 19.8 Å². The molecule has 0 unspecified atom stereocenters. The Hall–Kier alpha value is -1.14. The van der Waals surface area contributed by atoms with Crippen LogP contribution in [-0.4, -0.2) is 9.97 Å². The van der Waals surface area contributed by atoms with Crippen molar-refractivity contribution in [2.75, 3.05) is 0 Å². The van der Waals surface area contributed by atoms with Crippen molar-refractivity contribution in [1.82, 2.24) is 9.97 Å². The quantitative estimate of drug-likeness (QED) is 0.654. The van der Waals surface area contributed by atoms with Gasteiger partial charge in [0, 0.05) is 11.3 Å². The van der Waals surface area contributed by atoms with E-state index in [0.717, 1.165) is 17.7 Å². The first-order valence-corrected chi connectivity index (χ1v) is 4.02. The molecule has 62 valence electrons. The normalized spacial score (nSPS) is 9.42. The van der Waals surface area contributed by atoms with Gasteiger partial charge in [-0.25, -0.2) is 9.97 Å². The van der Waals surface area contributed by atoms with Crippen molar-refractivity contribution in [2.24, 2.45) is 0 Å². The summed E-state index contributed by atoms with van der Waals surface area (Å²) in [6.07, 6.45) is 2.48. The lowest BCUT2D eigenvalue weighted by atomic mass is 10.1. The van der Waals surface area contributed by atoms with Gasteiger partial charge in [-0.2, -0.15) is 5.26 Å². The first-order valence-electron chi connectivity index (χ1n) is 3.64. The summed E-state index contributed by atoms with van der Waals surface area (Å²) in [5.74, 6) is 0. The molecule has 0 atom stereocenters. The maximum absolute atomic E-state index is 8.50. The van der Waals surface area contributed by atoms with Crippen LogP contribution in [-0.2, 0) is 12.8 Å². The van der Waals surface area contributed by atoms with Crippen LogP contribution in [0.4, 0.5) is 0 Å². The van der Waals surface area contributed by atoms with Gasteiger partial charge >= 0.3 is 0 Å². The standard InChI is InChI=1S/C8H8ClN3/c1-2-7-6(3-4-10)8(9)12-5-11-7/h5H,2-3H2,1H3. The van der Waals surface area contributed by atoms with Gasteiger partial charge in [-0.1, -0.05) is 18.5 Å². The molecule has 4 heteroatoms. The third-order valence-corrected chi connectivity index (χ3v) is 1.90. The molecular formula is C8H8ClN3. The van der Waals surface area contributed by atoms with Gasteiger partial charge in [0.1, 0.15) is 11.5 Å². The third-order valence-electron chi connectivity index (χ3n) is 1.57. The van der Waals surface area contributed by atoms with Crippen molar-refractivity contribution in [1.29, 1.82) is 5.26 Å². The Morgan fingerprint density at radius 1 is 1.58 bits per heavy atom. The lowest BCUT2D eigenvalue weighted by Gasteiger charge is -2.02. The molecule has 0 spiro atoms. The maximum atomic E-state index is 8.50. The molecule has 0 aliphatic carbocycles. The fraction of sp³-hybridized carbons (Fsp3) is 0.375. The zero-order valence-electron chi connectivity index (χ0n) is 6.71. The van der Waals surface area contributed by atoms with Gasteiger partial charge in [0.15, 0.2) is 0 Å². The fourth-order valence-corrected chi connectivity index (χ4v) is 1.20. The summed E-state index contributed by atoms with van der Waals surface area (Å²) in [6.45, 7) is 1.97. The average Bonchev–Trinajstić information content (AvgIpc) is 2.09. The zero-order valence-corrected chi connectivity index (χ0v) is 7.47. The van der Waals surface area contributed by atoms with E-state index >= 15 is 0 Å². The molecule has 0 aliphatic rings. The predicted octanol–water partition coefficient (Wildman–Crippen LogP) is 1.76. The molecule has 1 heterocycles. The van der Waals surface area contributed by atoms with Crippen molar-refractivity contribution in [3.8, 4) is 6.07 Å². The van der Waals surface area contributed by atoms with Crippen LogP contribution in [0.1, 0.15) is 18.2 Å². The summed E-state index contributed by atoms with van der Waals surface area (Å²) in [6, 6.07) is 2.04. The molecule has 1 rings (SSSR count). The van der Waals surface area contributed by atoms with Crippen LogP contribution in [0.15, 0.2) is 6.33 Å². The number of nitriles is 1. The Morgan fingerprint density at radius 2 is 2.33 bits per heavy atom. The van der Waals surface area contributed by atoms with E-state index in [4.69, 9.17) is 16.9 Å². The molecule has 0 aliphatic heterocycles. The maximum Gasteiger partial charge on any atom is 0.136 e. The number of hydrogen-bond donors (Lipinski definition) is 0. The summed E-state index contributed by atoms with van der Waals surface area (Å²) < 4.78 is 0. The molecule has 0 saturated heterocycles. The Labute approximate surface area is 76.0 Å². The fourth-order valence-electron chi connectivity index (χ4n) is 0.983. The Morgan fingerprint density at radius 3 is 2.92 bits per heavy atom. The predicted molar refractivity (Wildman–Crippen MR) is 45.7 cm³/mol. The molecule has 0 aromatic carbocycles. The molecule has 0 radical (unpaired) electrons. The van der Waals surface area contributed by atoms with Gasteiger partial charge in [-0.3, -0.25) is 0 Å². The molecule has 1 aromatic heterocycles. The average molecular weight is 182 g/mol. The van der Waals surface area contributed by atoms with Crippen LogP contribution < -0.4 is 0 Å².